The number of rotatable bonds is 5. The normalized spacial score (nSPS) is 16.0. The fourth-order valence-corrected chi connectivity index (χ4v) is 3.53. The molecule has 29 heavy (non-hydrogen) atoms. The molecule has 1 fully saturated rings. The third-order valence-corrected chi connectivity index (χ3v) is 5.14. The zero-order valence-corrected chi connectivity index (χ0v) is 16.0. The van der Waals surface area contributed by atoms with Crippen molar-refractivity contribution in [2.75, 3.05) is 25.9 Å². The van der Waals surface area contributed by atoms with Crippen molar-refractivity contribution in [3.63, 3.8) is 0 Å². The van der Waals surface area contributed by atoms with Crippen LogP contribution in [0, 0.1) is 5.92 Å². The van der Waals surface area contributed by atoms with Gasteiger partial charge in [0.25, 0.3) is 5.91 Å². The number of carbonyl (C=O) groups excluding carboxylic acids is 2. The summed E-state index contributed by atoms with van der Waals surface area (Å²) < 4.78 is 6.68. The molecule has 148 valence electrons. The number of aromatic nitrogens is 3. The van der Waals surface area contributed by atoms with Crippen LogP contribution in [-0.2, 0) is 0 Å². The minimum atomic E-state index is -0.300. The van der Waals surface area contributed by atoms with Crippen LogP contribution in [0.4, 0.5) is 5.82 Å². The molecule has 0 radical (unpaired) electrons. The molecule has 8 nitrogen and oxygen atoms in total. The molecule has 1 aromatic carbocycles. The molecule has 0 spiro atoms. The third-order valence-electron chi connectivity index (χ3n) is 5.14. The molecule has 2 aromatic heterocycles. The number of hydrogen-bond acceptors (Lipinski definition) is 6. The van der Waals surface area contributed by atoms with Gasteiger partial charge >= 0.3 is 0 Å². The average Bonchev–Trinajstić information content (AvgIpc) is 3.41. The van der Waals surface area contributed by atoms with E-state index in [0.29, 0.717) is 30.6 Å². The van der Waals surface area contributed by atoms with E-state index in [0.717, 1.165) is 11.4 Å². The highest BCUT2D eigenvalue weighted by Crippen LogP contribution is 2.26. The lowest BCUT2D eigenvalue weighted by Crippen LogP contribution is -2.30. The SMILES string of the molecule is COc1ccc(-n2ncc(C(=O)[C@H]3CCN(C(=O)c4cccnc4)C3)c2N)cc1. The van der Waals surface area contributed by atoms with Gasteiger partial charge in [0.15, 0.2) is 5.78 Å². The Morgan fingerprint density at radius 1 is 1.17 bits per heavy atom. The summed E-state index contributed by atoms with van der Waals surface area (Å²) in [7, 11) is 1.60. The third kappa shape index (κ3) is 3.56. The van der Waals surface area contributed by atoms with E-state index in [1.165, 1.54) is 17.1 Å². The van der Waals surface area contributed by atoms with E-state index in [1.54, 1.807) is 42.5 Å². The smallest absolute Gasteiger partial charge is 0.255 e. The first-order chi connectivity index (χ1) is 14.1. The Morgan fingerprint density at radius 3 is 2.66 bits per heavy atom. The first-order valence-corrected chi connectivity index (χ1v) is 9.30. The van der Waals surface area contributed by atoms with Gasteiger partial charge in [-0.3, -0.25) is 14.6 Å². The predicted octanol–water partition coefficient (Wildman–Crippen LogP) is 2.20. The molecule has 3 aromatic rings. The molecule has 0 aliphatic carbocycles. The lowest BCUT2D eigenvalue weighted by atomic mass is 9.98. The first-order valence-electron chi connectivity index (χ1n) is 9.30. The van der Waals surface area contributed by atoms with Gasteiger partial charge in [0, 0.05) is 31.4 Å². The maximum absolute atomic E-state index is 13.0. The number of amides is 1. The van der Waals surface area contributed by atoms with E-state index in [4.69, 9.17) is 10.5 Å². The molecule has 1 aliphatic rings. The van der Waals surface area contributed by atoms with Crippen LogP contribution in [0.3, 0.4) is 0 Å². The molecule has 0 bridgehead atoms. The summed E-state index contributed by atoms with van der Waals surface area (Å²) in [6.07, 6.45) is 5.25. The van der Waals surface area contributed by atoms with Crippen molar-refractivity contribution in [1.29, 1.82) is 0 Å². The van der Waals surface area contributed by atoms with E-state index < -0.39 is 0 Å². The van der Waals surface area contributed by atoms with Crippen LogP contribution in [0.5, 0.6) is 5.75 Å². The molecule has 4 rings (SSSR count). The average molecular weight is 391 g/mol. The number of methoxy groups -OCH3 is 1. The van der Waals surface area contributed by atoms with E-state index in [9.17, 15) is 9.59 Å². The highest BCUT2D eigenvalue weighted by Gasteiger charge is 2.33. The minimum absolute atomic E-state index is 0.0938. The Labute approximate surface area is 167 Å². The fraction of sp³-hybridized carbons (Fsp3) is 0.238. The topological polar surface area (TPSA) is 103 Å². The Morgan fingerprint density at radius 2 is 1.97 bits per heavy atom. The van der Waals surface area contributed by atoms with Crippen LogP contribution >= 0.6 is 0 Å². The highest BCUT2D eigenvalue weighted by molar-refractivity contribution is 6.03. The van der Waals surface area contributed by atoms with Gasteiger partial charge in [-0.15, -0.1) is 0 Å². The summed E-state index contributed by atoms with van der Waals surface area (Å²) >= 11 is 0. The Bertz CT molecular complexity index is 1030. The predicted molar refractivity (Wildman–Crippen MR) is 107 cm³/mol. The van der Waals surface area contributed by atoms with E-state index in [2.05, 4.69) is 10.1 Å². The molecule has 3 heterocycles. The number of benzene rings is 1. The van der Waals surface area contributed by atoms with Crippen molar-refractivity contribution < 1.29 is 14.3 Å². The minimum Gasteiger partial charge on any atom is -0.497 e. The van der Waals surface area contributed by atoms with Gasteiger partial charge in [-0.25, -0.2) is 4.68 Å². The van der Waals surface area contributed by atoms with Crippen molar-refractivity contribution in [3.8, 4) is 11.4 Å². The number of nitrogens with zero attached hydrogens (tertiary/aromatic N) is 4. The van der Waals surface area contributed by atoms with Gasteiger partial charge < -0.3 is 15.4 Å². The quantitative estimate of drug-likeness (QED) is 0.669. The molecule has 8 heteroatoms. The largest absolute Gasteiger partial charge is 0.497 e. The Balaban J connectivity index is 1.49. The molecule has 1 saturated heterocycles. The van der Waals surface area contributed by atoms with Crippen LogP contribution in [0.25, 0.3) is 5.69 Å². The van der Waals surface area contributed by atoms with Gasteiger partial charge in [0.1, 0.15) is 11.6 Å². The number of carbonyl (C=O) groups is 2. The summed E-state index contributed by atoms with van der Waals surface area (Å²) in [5.74, 6) is 0.503. The fourth-order valence-electron chi connectivity index (χ4n) is 3.53. The number of Topliss-reactive ketones (excluding diaryl/α,β-unsaturated/α-hetero) is 1. The molecule has 0 saturated carbocycles. The number of anilines is 1. The second-order valence-corrected chi connectivity index (χ2v) is 6.90. The summed E-state index contributed by atoms with van der Waals surface area (Å²) in [4.78, 5) is 31.3. The number of nitrogens with two attached hydrogens (primary N) is 1. The van der Waals surface area contributed by atoms with Crippen molar-refractivity contribution >= 4 is 17.5 Å². The molecular formula is C21H21N5O3. The van der Waals surface area contributed by atoms with Gasteiger partial charge in [0.05, 0.1) is 30.1 Å². The van der Waals surface area contributed by atoms with E-state index in [-0.39, 0.29) is 23.4 Å². The van der Waals surface area contributed by atoms with Gasteiger partial charge in [0.2, 0.25) is 0 Å². The lowest BCUT2D eigenvalue weighted by Gasteiger charge is -2.16. The van der Waals surface area contributed by atoms with Crippen molar-refractivity contribution in [1.82, 2.24) is 19.7 Å². The molecule has 1 amide bonds. The second kappa shape index (κ2) is 7.75. The summed E-state index contributed by atoms with van der Waals surface area (Å²) in [5, 5.41) is 4.28. The maximum atomic E-state index is 13.0. The highest BCUT2D eigenvalue weighted by atomic mass is 16.5. The van der Waals surface area contributed by atoms with Crippen LogP contribution < -0.4 is 10.5 Å². The summed E-state index contributed by atoms with van der Waals surface area (Å²) in [6, 6.07) is 10.7. The zero-order chi connectivity index (χ0) is 20.4. The number of ketones is 1. The number of pyridine rings is 1. The number of nitrogen functional groups attached to an aromatic ring is 1. The van der Waals surface area contributed by atoms with Crippen LogP contribution in [0.1, 0.15) is 27.1 Å². The maximum Gasteiger partial charge on any atom is 0.255 e. The molecule has 1 aliphatic heterocycles. The molecule has 0 unspecified atom stereocenters. The Kier molecular flexibility index (Phi) is 4.99. The van der Waals surface area contributed by atoms with Crippen LogP contribution in [0.2, 0.25) is 0 Å². The van der Waals surface area contributed by atoms with Crippen molar-refractivity contribution in [2.24, 2.45) is 5.92 Å². The van der Waals surface area contributed by atoms with Crippen LogP contribution in [-0.4, -0.2) is 51.6 Å². The van der Waals surface area contributed by atoms with E-state index in [1.807, 2.05) is 12.1 Å². The number of ether oxygens (including phenoxy) is 1. The first kappa shape index (κ1) is 18.7. The summed E-state index contributed by atoms with van der Waals surface area (Å²) in [6.45, 7) is 0.885. The lowest BCUT2D eigenvalue weighted by molar-refractivity contribution is 0.0780. The molecule has 2 N–H and O–H groups in total. The second-order valence-electron chi connectivity index (χ2n) is 6.90. The van der Waals surface area contributed by atoms with Gasteiger partial charge in [-0.1, -0.05) is 0 Å². The molecule has 1 atom stereocenters. The van der Waals surface area contributed by atoms with E-state index >= 15 is 0 Å². The van der Waals surface area contributed by atoms with Gasteiger partial charge in [-0.2, -0.15) is 5.10 Å². The standard InChI is InChI=1S/C21H21N5O3/c1-29-17-6-4-16(5-7-17)26-20(22)18(12-24-26)19(27)15-8-10-25(13-15)21(28)14-3-2-9-23-11-14/h2-7,9,11-12,15H,8,10,13,22H2,1H3/t15-/m0/s1. The number of likely N-dealkylation sites (tertiary alicyclic amines) is 1. The molecular weight excluding hydrogens is 370 g/mol. The summed E-state index contributed by atoms with van der Waals surface area (Å²) in [5.41, 5.74) is 7.85. The van der Waals surface area contributed by atoms with Crippen molar-refractivity contribution in [3.05, 3.63) is 66.1 Å². The monoisotopic (exact) mass is 391 g/mol. The van der Waals surface area contributed by atoms with Crippen molar-refractivity contribution in [2.45, 2.75) is 6.42 Å². The van der Waals surface area contributed by atoms with Gasteiger partial charge in [-0.05, 0) is 42.8 Å². The Hall–Kier alpha value is -3.68. The van der Waals surface area contributed by atoms with Crippen LogP contribution in [0.15, 0.2) is 55.0 Å². The zero-order valence-electron chi connectivity index (χ0n) is 16.0. The number of hydrogen-bond donors (Lipinski definition) is 1.